The molecule has 1 N–H and O–H groups in total. The molecule has 92 valence electrons. The molecular formula is C11H9N3O4. The third-order valence-corrected chi connectivity index (χ3v) is 2.40. The number of aromatic carboxylic acids is 1. The largest absolute Gasteiger partial charge is 0.478 e. The van der Waals surface area contributed by atoms with Crippen LogP contribution in [0.5, 0.6) is 0 Å². The number of hydrogen-bond acceptors (Lipinski definition) is 4. The minimum absolute atomic E-state index is 0.0233. The van der Waals surface area contributed by atoms with Gasteiger partial charge in [0, 0.05) is 12.3 Å². The lowest BCUT2D eigenvalue weighted by Gasteiger charge is -2.03. The standard InChI is InChI=1S/C11H9N3O4/c1-7-2-3-9(10(4-7)14(17)18)13-6-8(5-12-13)11(15)16/h2-6H,1H3,(H,15,16). The van der Waals surface area contributed by atoms with Crippen LogP contribution in [0.25, 0.3) is 5.69 Å². The molecule has 0 radical (unpaired) electrons. The molecule has 0 aliphatic carbocycles. The van der Waals surface area contributed by atoms with E-state index in [0.29, 0.717) is 0 Å². The molecule has 7 heteroatoms. The van der Waals surface area contributed by atoms with Crippen LogP contribution >= 0.6 is 0 Å². The van der Waals surface area contributed by atoms with Gasteiger partial charge in [-0.3, -0.25) is 10.1 Å². The fourth-order valence-electron chi connectivity index (χ4n) is 1.54. The molecule has 7 nitrogen and oxygen atoms in total. The number of carboxylic acid groups (broad SMARTS) is 1. The number of aryl methyl sites for hydroxylation is 1. The fourth-order valence-corrected chi connectivity index (χ4v) is 1.54. The number of nitrogens with zero attached hydrogens (tertiary/aromatic N) is 3. The van der Waals surface area contributed by atoms with Crippen molar-refractivity contribution < 1.29 is 14.8 Å². The van der Waals surface area contributed by atoms with Crippen molar-refractivity contribution in [3.63, 3.8) is 0 Å². The van der Waals surface area contributed by atoms with E-state index >= 15 is 0 Å². The van der Waals surface area contributed by atoms with Crippen LogP contribution in [0.15, 0.2) is 30.6 Å². The van der Waals surface area contributed by atoms with E-state index in [4.69, 9.17) is 5.11 Å². The predicted molar refractivity (Wildman–Crippen MR) is 61.9 cm³/mol. The Morgan fingerprint density at radius 1 is 1.50 bits per heavy atom. The van der Waals surface area contributed by atoms with Gasteiger partial charge in [0.15, 0.2) is 0 Å². The Bertz CT molecular complexity index is 633. The smallest absolute Gasteiger partial charge is 0.338 e. The minimum atomic E-state index is -1.13. The Hall–Kier alpha value is -2.70. The van der Waals surface area contributed by atoms with Gasteiger partial charge in [0.05, 0.1) is 16.7 Å². The van der Waals surface area contributed by atoms with Gasteiger partial charge < -0.3 is 5.11 Å². The molecule has 1 heterocycles. The average molecular weight is 247 g/mol. The normalized spacial score (nSPS) is 10.3. The molecule has 0 atom stereocenters. The fraction of sp³-hybridized carbons (Fsp3) is 0.0909. The average Bonchev–Trinajstić information content (AvgIpc) is 2.78. The summed E-state index contributed by atoms with van der Waals surface area (Å²) in [4.78, 5) is 21.1. The number of nitro benzene ring substituents is 1. The van der Waals surface area contributed by atoms with Gasteiger partial charge in [-0.15, -0.1) is 0 Å². The highest BCUT2D eigenvalue weighted by atomic mass is 16.6. The van der Waals surface area contributed by atoms with Gasteiger partial charge in [0.1, 0.15) is 5.69 Å². The quantitative estimate of drug-likeness (QED) is 0.658. The van der Waals surface area contributed by atoms with Crippen LogP contribution in [0.2, 0.25) is 0 Å². The lowest BCUT2D eigenvalue weighted by Crippen LogP contribution is -2.01. The van der Waals surface area contributed by atoms with Crippen molar-refractivity contribution >= 4 is 11.7 Å². The topological polar surface area (TPSA) is 98.3 Å². The summed E-state index contributed by atoms with van der Waals surface area (Å²) in [7, 11) is 0. The summed E-state index contributed by atoms with van der Waals surface area (Å²) < 4.78 is 1.18. The summed E-state index contributed by atoms with van der Waals surface area (Å²) >= 11 is 0. The SMILES string of the molecule is Cc1ccc(-n2cc(C(=O)O)cn2)c([N+](=O)[O-])c1. The highest BCUT2D eigenvalue weighted by Gasteiger charge is 2.17. The van der Waals surface area contributed by atoms with Gasteiger partial charge in [-0.05, 0) is 18.6 Å². The molecule has 0 fully saturated rings. The second-order valence-corrected chi connectivity index (χ2v) is 3.73. The zero-order chi connectivity index (χ0) is 13.3. The lowest BCUT2D eigenvalue weighted by atomic mass is 10.2. The summed E-state index contributed by atoms with van der Waals surface area (Å²) in [5.41, 5.74) is 0.842. The maximum absolute atomic E-state index is 10.9. The molecule has 2 aromatic rings. The molecule has 2 rings (SSSR count). The molecule has 0 amide bonds. The molecule has 0 aliphatic heterocycles. The van der Waals surface area contributed by atoms with E-state index in [1.54, 1.807) is 13.0 Å². The number of benzene rings is 1. The Morgan fingerprint density at radius 2 is 2.22 bits per heavy atom. The molecule has 1 aromatic carbocycles. The van der Waals surface area contributed by atoms with Crippen molar-refractivity contribution in [1.29, 1.82) is 0 Å². The number of nitro groups is 1. The number of rotatable bonds is 3. The van der Waals surface area contributed by atoms with Gasteiger partial charge in [-0.2, -0.15) is 5.10 Å². The molecule has 0 saturated heterocycles. The molecule has 0 saturated carbocycles. The predicted octanol–water partition coefficient (Wildman–Crippen LogP) is 1.79. The van der Waals surface area contributed by atoms with E-state index < -0.39 is 10.9 Å². The minimum Gasteiger partial charge on any atom is -0.478 e. The van der Waals surface area contributed by atoms with Gasteiger partial charge in [-0.1, -0.05) is 6.07 Å². The monoisotopic (exact) mass is 247 g/mol. The number of carboxylic acids is 1. The number of hydrogen-bond donors (Lipinski definition) is 1. The van der Waals surface area contributed by atoms with Crippen LogP contribution in [-0.2, 0) is 0 Å². The van der Waals surface area contributed by atoms with Crippen LogP contribution in [0.3, 0.4) is 0 Å². The van der Waals surface area contributed by atoms with E-state index in [-0.39, 0.29) is 16.9 Å². The van der Waals surface area contributed by atoms with Gasteiger partial charge in [0.2, 0.25) is 0 Å². The van der Waals surface area contributed by atoms with Crippen molar-refractivity contribution in [3.8, 4) is 5.69 Å². The van der Waals surface area contributed by atoms with Crippen LogP contribution in [0.4, 0.5) is 5.69 Å². The van der Waals surface area contributed by atoms with E-state index in [1.807, 2.05) is 0 Å². The Morgan fingerprint density at radius 3 is 2.78 bits per heavy atom. The molecule has 0 unspecified atom stereocenters. The number of aromatic nitrogens is 2. The second-order valence-electron chi connectivity index (χ2n) is 3.73. The highest BCUT2D eigenvalue weighted by molar-refractivity contribution is 5.87. The van der Waals surface area contributed by atoms with Gasteiger partial charge in [0.25, 0.3) is 5.69 Å². The van der Waals surface area contributed by atoms with Crippen LogP contribution in [0.1, 0.15) is 15.9 Å². The maximum Gasteiger partial charge on any atom is 0.338 e. The summed E-state index contributed by atoms with van der Waals surface area (Å²) in [5.74, 6) is -1.13. The summed E-state index contributed by atoms with van der Waals surface area (Å²) in [6.07, 6.45) is 2.38. The second kappa shape index (κ2) is 4.28. The van der Waals surface area contributed by atoms with Crippen LogP contribution in [-0.4, -0.2) is 25.8 Å². The van der Waals surface area contributed by atoms with Crippen molar-refractivity contribution in [3.05, 3.63) is 51.8 Å². The van der Waals surface area contributed by atoms with E-state index in [1.165, 1.54) is 23.0 Å². The molecule has 0 bridgehead atoms. The first-order valence-electron chi connectivity index (χ1n) is 5.02. The Labute approximate surface area is 101 Å². The van der Waals surface area contributed by atoms with Gasteiger partial charge in [-0.25, -0.2) is 9.48 Å². The van der Waals surface area contributed by atoms with Crippen molar-refractivity contribution in [2.24, 2.45) is 0 Å². The molecule has 0 spiro atoms. The first kappa shape index (κ1) is 11.8. The van der Waals surface area contributed by atoms with Crippen LogP contribution < -0.4 is 0 Å². The third-order valence-electron chi connectivity index (χ3n) is 2.40. The maximum atomic E-state index is 10.9. The first-order valence-corrected chi connectivity index (χ1v) is 5.02. The Balaban J connectivity index is 2.55. The van der Waals surface area contributed by atoms with E-state index in [2.05, 4.69) is 5.10 Å². The molecular weight excluding hydrogens is 238 g/mol. The summed E-state index contributed by atoms with van der Waals surface area (Å²) in [6, 6.07) is 4.65. The first-order chi connectivity index (χ1) is 8.49. The van der Waals surface area contributed by atoms with Crippen molar-refractivity contribution in [2.45, 2.75) is 6.92 Å². The Kier molecular flexibility index (Phi) is 2.80. The van der Waals surface area contributed by atoms with Gasteiger partial charge >= 0.3 is 5.97 Å². The third kappa shape index (κ3) is 2.05. The molecule has 0 aliphatic rings. The highest BCUT2D eigenvalue weighted by Crippen LogP contribution is 2.23. The summed E-state index contributed by atoms with van der Waals surface area (Å²) in [6.45, 7) is 1.74. The summed E-state index contributed by atoms with van der Waals surface area (Å²) in [5, 5.41) is 23.5. The number of carbonyl (C=O) groups is 1. The van der Waals surface area contributed by atoms with Crippen LogP contribution in [0, 0.1) is 17.0 Å². The molecule has 18 heavy (non-hydrogen) atoms. The zero-order valence-electron chi connectivity index (χ0n) is 9.40. The lowest BCUT2D eigenvalue weighted by molar-refractivity contribution is -0.384. The van der Waals surface area contributed by atoms with Crippen molar-refractivity contribution in [1.82, 2.24) is 9.78 Å². The van der Waals surface area contributed by atoms with E-state index in [9.17, 15) is 14.9 Å². The zero-order valence-corrected chi connectivity index (χ0v) is 9.40. The van der Waals surface area contributed by atoms with Crippen molar-refractivity contribution in [2.75, 3.05) is 0 Å². The molecule has 1 aromatic heterocycles. The van der Waals surface area contributed by atoms with E-state index in [0.717, 1.165) is 11.8 Å².